The predicted molar refractivity (Wildman–Crippen MR) is 94.9 cm³/mol. The number of fused-ring (bicyclic) bond motifs is 1. The average molecular weight is 330 g/mol. The van der Waals surface area contributed by atoms with Crippen LogP contribution in [-0.4, -0.2) is 28.0 Å². The topological polar surface area (TPSA) is 82.2 Å². The third-order valence-electron chi connectivity index (χ3n) is 4.48. The Bertz CT molecular complexity index is 693. The Morgan fingerprint density at radius 1 is 1.25 bits per heavy atom. The summed E-state index contributed by atoms with van der Waals surface area (Å²) in [5.41, 5.74) is 1.87. The number of rotatable bonds is 9. The van der Waals surface area contributed by atoms with E-state index in [2.05, 4.69) is 17.2 Å². The van der Waals surface area contributed by atoms with Crippen molar-refractivity contribution in [3.05, 3.63) is 36.0 Å². The molecule has 1 aromatic heterocycles. The van der Waals surface area contributed by atoms with E-state index in [9.17, 15) is 14.7 Å². The van der Waals surface area contributed by atoms with Crippen LogP contribution in [0.5, 0.6) is 0 Å². The molecule has 0 saturated carbocycles. The Morgan fingerprint density at radius 2 is 2.00 bits per heavy atom. The van der Waals surface area contributed by atoms with Crippen LogP contribution in [0, 0.1) is 5.92 Å². The standard InChI is InChI=1S/C19H26N2O3/c1-3-5-8-13(4-2)18(22)21-17(19(23)24)11-14-12-20-16-10-7-6-9-15(14)16/h6-7,9-10,12-13,17,20H,3-5,8,11H2,1-2H3,(H,21,22)(H,23,24)/t13?,17-/m0/s1. The van der Waals surface area contributed by atoms with Crippen LogP contribution in [0.2, 0.25) is 0 Å². The van der Waals surface area contributed by atoms with Crippen LogP contribution in [0.3, 0.4) is 0 Å². The molecule has 1 heterocycles. The van der Waals surface area contributed by atoms with E-state index in [0.29, 0.717) is 0 Å². The molecule has 5 heteroatoms. The van der Waals surface area contributed by atoms with Gasteiger partial charge in [0.2, 0.25) is 5.91 Å². The molecular formula is C19H26N2O3. The third kappa shape index (κ3) is 4.37. The second-order valence-corrected chi connectivity index (χ2v) is 6.21. The van der Waals surface area contributed by atoms with Crippen LogP contribution in [0.1, 0.15) is 45.1 Å². The molecule has 0 fully saturated rings. The van der Waals surface area contributed by atoms with Gasteiger partial charge in [0.05, 0.1) is 0 Å². The van der Waals surface area contributed by atoms with Crippen LogP contribution in [0.15, 0.2) is 30.5 Å². The monoisotopic (exact) mass is 330 g/mol. The second kappa shape index (κ2) is 8.52. The SMILES string of the molecule is CCCCC(CC)C(=O)N[C@@H](Cc1c[nH]c2ccccc12)C(=O)O. The fraction of sp³-hybridized carbons (Fsp3) is 0.474. The van der Waals surface area contributed by atoms with E-state index >= 15 is 0 Å². The van der Waals surface area contributed by atoms with Crippen LogP contribution in [0.4, 0.5) is 0 Å². The number of hydrogen-bond acceptors (Lipinski definition) is 2. The van der Waals surface area contributed by atoms with Crippen molar-refractivity contribution < 1.29 is 14.7 Å². The minimum atomic E-state index is -1.00. The normalized spacial score (nSPS) is 13.6. The summed E-state index contributed by atoms with van der Waals surface area (Å²) >= 11 is 0. The Kier molecular flexibility index (Phi) is 6.41. The highest BCUT2D eigenvalue weighted by atomic mass is 16.4. The Balaban J connectivity index is 2.09. The second-order valence-electron chi connectivity index (χ2n) is 6.21. The first kappa shape index (κ1) is 18.0. The van der Waals surface area contributed by atoms with Gasteiger partial charge >= 0.3 is 5.97 Å². The number of benzene rings is 1. The number of aromatic amines is 1. The van der Waals surface area contributed by atoms with E-state index in [1.807, 2.05) is 37.4 Å². The van der Waals surface area contributed by atoms with E-state index in [1.165, 1.54) is 0 Å². The molecule has 24 heavy (non-hydrogen) atoms. The third-order valence-corrected chi connectivity index (χ3v) is 4.48. The summed E-state index contributed by atoms with van der Waals surface area (Å²) in [6.07, 6.45) is 5.63. The maximum Gasteiger partial charge on any atom is 0.326 e. The van der Waals surface area contributed by atoms with Gasteiger partial charge in [-0.2, -0.15) is 0 Å². The summed E-state index contributed by atoms with van der Waals surface area (Å²) in [5.74, 6) is -1.27. The zero-order chi connectivity index (χ0) is 17.5. The number of para-hydroxylation sites is 1. The van der Waals surface area contributed by atoms with Gasteiger partial charge in [0.15, 0.2) is 0 Å². The zero-order valence-electron chi connectivity index (χ0n) is 14.3. The van der Waals surface area contributed by atoms with E-state index in [4.69, 9.17) is 0 Å². The van der Waals surface area contributed by atoms with Gasteiger partial charge in [-0.05, 0) is 24.5 Å². The highest BCUT2D eigenvalue weighted by molar-refractivity contribution is 5.87. The van der Waals surface area contributed by atoms with Crippen LogP contribution < -0.4 is 5.32 Å². The van der Waals surface area contributed by atoms with Gasteiger partial charge < -0.3 is 15.4 Å². The van der Waals surface area contributed by atoms with Gasteiger partial charge in [-0.3, -0.25) is 4.79 Å². The molecule has 1 amide bonds. The number of nitrogens with one attached hydrogen (secondary N) is 2. The number of carboxylic acids is 1. The number of aliphatic carboxylic acids is 1. The summed E-state index contributed by atoms with van der Waals surface area (Å²) in [6.45, 7) is 4.05. The number of hydrogen-bond donors (Lipinski definition) is 3. The molecule has 2 atom stereocenters. The summed E-state index contributed by atoms with van der Waals surface area (Å²) in [4.78, 5) is 27.1. The van der Waals surface area contributed by atoms with Gasteiger partial charge in [0.1, 0.15) is 6.04 Å². The Morgan fingerprint density at radius 3 is 2.67 bits per heavy atom. The van der Waals surface area contributed by atoms with Crippen molar-refractivity contribution in [3.8, 4) is 0 Å². The predicted octanol–water partition coefficient (Wildman–Crippen LogP) is 3.50. The highest BCUT2D eigenvalue weighted by Gasteiger charge is 2.25. The van der Waals surface area contributed by atoms with Gasteiger partial charge in [-0.15, -0.1) is 0 Å². The van der Waals surface area contributed by atoms with E-state index in [1.54, 1.807) is 0 Å². The minimum Gasteiger partial charge on any atom is -0.480 e. The van der Waals surface area contributed by atoms with Crippen LogP contribution in [-0.2, 0) is 16.0 Å². The lowest BCUT2D eigenvalue weighted by molar-refractivity contribution is -0.142. The number of aromatic nitrogens is 1. The largest absolute Gasteiger partial charge is 0.480 e. The number of H-pyrrole nitrogens is 1. The van der Waals surface area contributed by atoms with E-state index < -0.39 is 12.0 Å². The van der Waals surface area contributed by atoms with Crippen molar-refractivity contribution in [1.82, 2.24) is 10.3 Å². The zero-order valence-corrected chi connectivity index (χ0v) is 14.3. The van der Waals surface area contributed by atoms with Crippen molar-refractivity contribution in [2.24, 2.45) is 5.92 Å². The van der Waals surface area contributed by atoms with Crippen molar-refractivity contribution in [2.75, 3.05) is 0 Å². The quantitative estimate of drug-likeness (QED) is 0.658. The van der Waals surface area contributed by atoms with E-state index in [-0.39, 0.29) is 18.2 Å². The molecule has 3 N–H and O–H groups in total. The first-order valence-electron chi connectivity index (χ1n) is 8.65. The van der Waals surface area contributed by atoms with Gasteiger partial charge in [0.25, 0.3) is 0 Å². The smallest absolute Gasteiger partial charge is 0.326 e. The summed E-state index contributed by atoms with van der Waals surface area (Å²) < 4.78 is 0. The average Bonchev–Trinajstić information content (AvgIpc) is 2.98. The molecule has 130 valence electrons. The molecule has 0 spiro atoms. The summed E-state index contributed by atoms with van der Waals surface area (Å²) in [7, 11) is 0. The molecule has 0 aliphatic carbocycles. The van der Waals surface area contributed by atoms with Gasteiger partial charge in [0, 0.05) is 29.4 Å². The lowest BCUT2D eigenvalue weighted by Gasteiger charge is -2.19. The fourth-order valence-corrected chi connectivity index (χ4v) is 2.98. The maximum absolute atomic E-state index is 12.4. The number of carbonyl (C=O) groups is 2. The lowest BCUT2D eigenvalue weighted by atomic mass is 9.97. The van der Waals surface area contributed by atoms with Crippen molar-refractivity contribution in [1.29, 1.82) is 0 Å². The lowest BCUT2D eigenvalue weighted by Crippen LogP contribution is -2.44. The molecule has 0 aliphatic rings. The number of amides is 1. The summed E-state index contributed by atoms with van der Waals surface area (Å²) in [5, 5.41) is 13.2. The maximum atomic E-state index is 12.4. The van der Waals surface area contributed by atoms with Crippen molar-refractivity contribution in [2.45, 2.75) is 52.0 Å². The molecule has 0 aliphatic heterocycles. The molecule has 1 aromatic carbocycles. The van der Waals surface area contributed by atoms with Gasteiger partial charge in [-0.25, -0.2) is 4.79 Å². The molecular weight excluding hydrogens is 304 g/mol. The molecule has 2 aromatic rings. The van der Waals surface area contributed by atoms with Crippen LogP contribution in [0.25, 0.3) is 10.9 Å². The molecule has 1 unspecified atom stereocenters. The van der Waals surface area contributed by atoms with Crippen molar-refractivity contribution >= 4 is 22.8 Å². The molecule has 0 saturated heterocycles. The Hall–Kier alpha value is -2.30. The first-order valence-corrected chi connectivity index (χ1v) is 8.65. The molecule has 5 nitrogen and oxygen atoms in total. The Labute approximate surface area is 142 Å². The summed E-state index contributed by atoms with van der Waals surface area (Å²) in [6, 6.07) is 6.85. The number of carboxylic acid groups (broad SMARTS) is 1. The molecule has 0 bridgehead atoms. The fourth-order valence-electron chi connectivity index (χ4n) is 2.98. The first-order chi connectivity index (χ1) is 11.6. The van der Waals surface area contributed by atoms with E-state index in [0.717, 1.165) is 42.1 Å². The molecule has 0 radical (unpaired) electrons. The minimum absolute atomic E-state index is 0.116. The van der Waals surface area contributed by atoms with Gasteiger partial charge in [-0.1, -0.05) is 44.9 Å². The number of carbonyl (C=O) groups excluding carboxylic acids is 1. The van der Waals surface area contributed by atoms with Crippen LogP contribution >= 0.6 is 0 Å². The van der Waals surface area contributed by atoms with Crippen molar-refractivity contribution in [3.63, 3.8) is 0 Å². The highest BCUT2D eigenvalue weighted by Crippen LogP contribution is 2.20. The molecule has 2 rings (SSSR count). The number of unbranched alkanes of at least 4 members (excludes halogenated alkanes) is 1.